The van der Waals surface area contributed by atoms with Crippen molar-refractivity contribution in [3.05, 3.63) is 53.6 Å². The van der Waals surface area contributed by atoms with Crippen molar-refractivity contribution in [1.29, 1.82) is 0 Å². The molecule has 2 aromatic rings. The average Bonchev–Trinajstić information content (AvgIpc) is 3.24. The molecule has 0 fully saturated rings. The predicted molar refractivity (Wildman–Crippen MR) is 100 cm³/mol. The molecule has 30 heavy (non-hydrogen) atoms. The number of carbonyl (C=O) groups excluding carboxylic acids is 2. The number of aryl methyl sites for hydroxylation is 2. The van der Waals surface area contributed by atoms with E-state index < -0.39 is 24.6 Å². The number of rotatable bonds is 6. The summed E-state index contributed by atoms with van der Waals surface area (Å²) in [4.78, 5) is 28.0. The Kier molecular flexibility index (Phi) is 5.90. The molecule has 0 saturated carbocycles. The first kappa shape index (κ1) is 21.1. The lowest BCUT2D eigenvalue weighted by atomic mass is 10.1. The fourth-order valence-electron chi connectivity index (χ4n) is 2.75. The molecule has 0 bridgehead atoms. The SMILES string of the molecule is Cc1cc(C)cc(-c2ncn(/C=C\C(=O)NN3CC(OCC(F)(F)F)=CC3=O)n2)c1. The van der Waals surface area contributed by atoms with Crippen LogP contribution in [0.2, 0.25) is 0 Å². The summed E-state index contributed by atoms with van der Waals surface area (Å²) in [7, 11) is 0. The highest BCUT2D eigenvalue weighted by Crippen LogP contribution is 2.19. The lowest BCUT2D eigenvalue weighted by molar-refractivity contribution is -0.165. The molecule has 2 amide bonds. The van der Waals surface area contributed by atoms with E-state index in [1.807, 2.05) is 32.0 Å². The smallest absolute Gasteiger partial charge is 0.422 e. The van der Waals surface area contributed by atoms with E-state index in [0.29, 0.717) is 5.82 Å². The minimum absolute atomic E-state index is 0.184. The van der Waals surface area contributed by atoms with E-state index in [1.165, 1.54) is 17.2 Å². The van der Waals surface area contributed by atoms with Gasteiger partial charge in [0.15, 0.2) is 12.4 Å². The minimum Gasteiger partial charge on any atom is -0.486 e. The Morgan fingerprint density at radius 2 is 1.97 bits per heavy atom. The highest BCUT2D eigenvalue weighted by molar-refractivity contribution is 5.95. The van der Waals surface area contributed by atoms with Gasteiger partial charge in [-0.1, -0.05) is 17.2 Å². The van der Waals surface area contributed by atoms with Gasteiger partial charge in [0.25, 0.3) is 11.8 Å². The molecule has 1 aromatic carbocycles. The molecule has 0 saturated heterocycles. The van der Waals surface area contributed by atoms with E-state index in [4.69, 9.17) is 0 Å². The summed E-state index contributed by atoms with van der Waals surface area (Å²) in [5, 5.41) is 5.11. The quantitative estimate of drug-likeness (QED) is 0.724. The zero-order valence-electron chi connectivity index (χ0n) is 16.1. The zero-order chi connectivity index (χ0) is 21.9. The molecule has 0 unspecified atom stereocenters. The molecule has 1 aliphatic rings. The Labute approximate surface area is 169 Å². The number of alkyl halides is 3. The van der Waals surface area contributed by atoms with E-state index in [2.05, 4.69) is 20.2 Å². The van der Waals surface area contributed by atoms with Crippen LogP contribution in [0.1, 0.15) is 11.1 Å². The minimum atomic E-state index is -4.52. The van der Waals surface area contributed by atoms with Gasteiger partial charge in [-0.25, -0.2) is 14.7 Å². The molecule has 1 aliphatic heterocycles. The Bertz CT molecular complexity index is 1010. The summed E-state index contributed by atoms with van der Waals surface area (Å²) in [6, 6.07) is 5.90. The summed E-state index contributed by atoms with van der Waals surface area (Å²) in [6.07, 6.45) is 0.244. The number of carbonyl (C=O) groups is 2. The first-order chi connectivity index (χ1) is 14.1. The summed E-state index contributed by atoms with van der Waals surface area (Å²) >= 11 is 0. The summed E-state index contributed by atoms with van der Waals surface area (Å²) < 4.78 is 42.4. The van der Waals surface area contributed by atoms with Gasteiger partial charge >= 0.3 is 6.18 Å². The molecule has 2 heterocycles. The highest BCUT2D eigenvalue weighted by Gasteiger charge is 2.31. The molecule has 158 valence electrons. The van der Waals surface area contributed by atoms with Gasteiger partial charge in [-0.2, -0.15) is 13.2 Å². The second kappa shape index (κ2) is 8.39. The van der Waals surface area contributed by atoms with Crippen molar-refractivity contribution in [3.63, 3.8) is 0 Å². The van der Waals surface area contributed by atoms with Crippen molar-refractivity contribution < 1.29 is 27.5 Å². The number of hydrogen-bond donors (Lipinski definition) is 1. The van der Waals surface area contributed by atoms with Gasteiger partial charge < -0.3 is 4.74 Å². The third-order valence-electron chi connectivity index (χ3n) is 3.90. The van der Waals surface area contributed by atoms with Crippen LogP contribution in [0.15, 0.2) is 42.4 Å². The zero-order valence-corrected chi connectivity index (χ0v) is 16.1. The lowest BCUT2D eigenvalue weighted by Gasteiger charge is -2.16. The van der Waals surface area contributed by atoms with Crippen LogP contribution in [-0.2, 0) is 14.3 Å². The number of hydrazine groups is 1. The van der Waals surface area contributed by atoms with Gasteiger partial charge in [0.05, 0.1) is 0 Å². The maximum absolute atomic E-state index is 12.2. The number of halogens is 3. The number of nitrogens with one attached hydrogen (secondary N) is 1. The van der Waals surface area contributed by atoms with E-state index in [0.717, 1.165) is 33.9 Å². The number of ether oxygens (including phenoxy) is 1. The number of aromatic nitrogens is 3. The van der Waals surface area contributed by atoms with E-state index >= 15 is 0 Å². The highest BCUT2D eigenvalue weighted by atomic mass is 19.4. The van der Waals surface area contributed by atoms with Crippen LogP contribution in [0.3, 0.4) is 0 Å². The lowest BCUT2D eigenvalue weighted by Crippen LogP contribution is -2.43. The third kappa shape index (κ3) is 5.69. The number of nitrogens with zero attached hydrogens (tertiary/aromatic N) is 4. The van der Waals surface area contributed by atoms with Crippen molar-refractivity contribution in [2.45, 2.75) is 20.0 Å². The van der Waals surface area contributed by atoms with Crippen molar-refractivity contribution >= 4 is 18.0 Å². The van der Waals surface area contributed by atoms with Crippen LogP contribution in [0.25, 0.3) is 17.6 Å². The van der Waals surface area contributed by atoms with E-state index in [9.17, 15) is 22.8 Å². The van der Waals surface area contributed by atoms with Crippen LogP contribution in [0.5, 0.6) is 0 Å². The molecular formula is C19H18F3N5O3. The van der Waals surface area contributed by atoms with Crippen molar-refractivity contribution in [2.24, 2.45) is 0 Å². The van der Waals surface area contributed by atoms with Crippen LogP contribution in [0.4, 0.5) is 13.2 Å². The Balaban J connectivity index is 1.56. The molecule has 11 heteroatoms. The number of amides is 2. The largest absolute Gasteiger partial charge is 0.486 e. The maximum Gasteiger partial charge on any atom is 0.422 e. The van der Waals surface area contributed by atoms with Gasteiger partial charge in [0.2, 0.25) is 0 Å². The molecule has 0 atom stereocenters. The van der Waals surface area contributed by atoms with E-state index in [1.54, 1.807) is 0 Å². The third-order valence-corrected chi connectivity index (χ3v) is 3.90. The van der Waals surface area contributed by atoms with Gasteiger partial charge in [0.1, 0.15) is 18.6 Å². The Morgan fingerprint density at radius 1 is 1.27 bits per heavy atom. The Morgan fingerprint density at radius 3 is 2.63 bits per heavy atom. The molecule has 0 aliphatic carbocycles. The van der Waals surface area contributed by atoms with Crippen molar-refractivity contribution in [2.75, 3.05) is 13.2 Å². The fraction of sp³-hybridized carbons (Fsp3) is 0.263. The van der Waals surface area contributed by atoms with Crippen molar-refractivity contribution in [3.8, 4) is 11.4 Å². The van der Waals surface area contributed by atoms with Gasteiger partial charge in [-0.15, -0.1) is 5.10 Å². The van der Waals surface area contributed by atoms with Crippen molar-refractivity contribution in [1.82, 2.24) is 25.2 Å². The molecular weight excluding hydrogens is 403 g/mol. The van der Waals surface area contributed by atoms with Crippen LogP contribution in [-0.4, -0.2) is 50.9 Å². The van der Waals surface area contributed by atoms with Crippen LogP contribution >= 0.6 is 0 Å². The standard InChI is InChI=1S/C19H18F3N5O3/c1-12-5-13(2)7-14(6-12)18-23-11-26(25-18)4-3-16(28)24-27-9-15(8-17(27)29)30-10-19(20,21)22/h3-8,11H,9-10H2,1-2H3,(H,24,28)/b4-3-. The van der Waals surface area contributed by atoms with Gasteiger partial charge in [-0.3, -0.25) is 15.0 Å². The fourth-order valence-corrected chi connectivity index (χ4v) is 2.75. The Hall–Kier alpha value is -3.63. The monoisotopic (exact) mass is 421 g/mol. The molecule has 3 rings (SSSR count). The average molecular weight is 421 g/mol. The second-order valence-electron chi connectivity index (χ2n) is 6.66. The molecule has 0 spiro atoms. The van der Waals surface area contributed by atoms with Crippen LogP contribution in [0, 0.1) is 13.8 Å². The molecule has 1 aromatic heterocycles. The van der Waals surface area contributed by atoms with Crippen LogP contribution < -0.4 is 5.43 Å². The van der Waals surface area contributed by atoms with Gasteiger partial charge in [-0.05, 0) is 26.0 Å². The summed E-state index contributed by atoms with van der Waals surface area (Å²) in [5.74, 6) is -1.06. The summed E-state index contributed by atoms with van der Waals surface area (Å²) in [6.45, 7) is 2.12. The summed E-state index contributed by atoms with van der Waals surface area (Å²) in [5.41, 5.74) is 5.24. The van der Waals surface area contributed by atoms with Gasteiger partial charge in [0, 0.05) is 23.9 Å². The normalized spacial score (nSPS) is 14.4. The topological polar surface area (TPSA) is 89.4 Å². The van der Waals surface area contributed by atoms with E-state index in [-0.39, 0.29) is 12.3 Å². The molecule has 1 N–H and O–H groups in total. The first-order valence-electron chi connectivity index (χ1n) is 8.79. The second-order valence-corrected chi connectivity index (χ2v) is 6.66. The predicted octanol–water partition coefficient (Wildman–Crippen LogP) is 2.37. The maximum atomic E-state index is 12.2. The number of hydrogen-bond acceptors (Lipinski definition) is 5. The number of benzene rings is 1. The first-order valence-corrected chi connectivity index (χ1v) is 8.79. The molecule has 0 radical (unpaired) electrons. The molecule has 8 nitrogen and oxygen atoms in total.